The molecule has 15 heteroatoms. The van der Waals surface area contributed by atoms with E-state index in [-0.39, 0.29) is 35.7 Å². The lowest BCUT2D eigenvalue weighted by Crippen LogP contribution is -2.57. The summed E-state index contributed by atoms with van der Waals surface area (Å²) >= 11 is 7.09. The fourth-order valence-corrected chi connectivity index (χ4v) is 5.19. The maximum Gasteiger partial charge on any atom is 0.314 e. The number of carbonyl (C=O) groups excluding carboxylic acids is 4. The molecule has 4 heterocycles. The number of hydrogen-bond donors (Lipinski definition) is 3. The van der Waals surface area contributed by atoms with Crippen LogP contribution in [0.3, 0.4) is 0 Å². The molecule has 4 rings (SSSR count). The predicted molar refractivity (Wildman–Crippen MR) is 146 cm³/mol. The van der Waals surface area contributed by atoms with Crippen LogP contribution in [0.5, 0.6) is 0 Å². The van der Waals surface area contributed by atoms with Gasteiger partial charge in [-0.05, 0) is 26.2 Å². The molecule has 0 aromatic carbocycles. The zero-order valence-corrected chi connectivity index (χ0v) is 23.4. The van der Waals surface area contributed by atoms with Gasteiger partial charge in [-0.3, -0.25) is 19.2 Å². The topological polar surface area (TPSA) is 140 Å². The monoisotopic (exact) mass is 584 g/mol. The molecule has 0 spiro atoms. The van der Waals surface area contributed by atoms with Crippen molar-refractivity contribution in [3.63, 3.8) is 0 Å². The van der Waals surface area contributed by atoms with Gasteiger partial charge >= 0.3 is 11.8 Å². The number of hydrogen-bond acceptors (Lipinski definition) is 9. The summed E-state index contributed by atoms with van der Waals surface area (Å²) in [6.07, 6.45) is 2.09. The van der Waals surface area contributed by atoms with Crippen LogP contribution in [0.25, 0.3) is 0 Å². The van der Waals surface area contributed by atoms with Crippen molar-refractivity contribution < 1.29 is 19.2 Å². The molecule has 2 aromatic heterocycles. The lowest BCUT2D eigenvalue weighted by molar-refractivity contribution is -0.137. The maximum absolute atomic E-state index is 13.3. The van der Waals surface area contributed by atoms with Crippen LogP contribution in [0.4, 0.5) is 5.82 Å². The third-order valence-electron chi connectivity index (χ3n) is 6.18. The number of amides is 4. The number of likely N-dealkylation sites (N-methyl/N-ethyl adjacent to an activating group) is 2. The third-order valence-corrected chi connectivity index (χ3v) is 7.48. The highest BCUT2D eigenvalue weighted by atomic mass is 35.5. The van der Waals surface area contributed by atoms with Crippen LogP contribution in [0.2, 0.25) is 5.02 Å². The van der Waals surface area contributed by atoms with Gasteiger partial charge in [-0.15, -0.1) is 23.7 Å². The first-order valence-corrected chi connectivity index (χ1v) is 13.0. The summed E-state index contributed by atoms with van der Waals surface area (Å²) in [4.78, 5) is 66.5. The van der Waals surface area contributed by atoms with Gasteiger partial charge in [-0.25, -0.2) is 9.97 Å². The van der Waals surface area contributed by atoms with E-state index in [1.54, 1.807) is 4.90 Å². The van der Waals surface area contributed by atoms with Gasteiger partial charge in [0, 0.05) is 63.3 Å². The minimum atomic E-state index is -1.06. The van der Waals surface area contributed by atoms with Crippen molar-refractivity contribution in [2.45, 2.75) is 19.0 Å². The number of carbonyl (C=O) groups is 4. The molecule has 0 saturated carbocycles. The van der Waals surface area contributed by atoms with E-state index in [4.69, 9.17) is 11.6 Å². The molecule has 1 fully saturated rings. The SMILES string of the molecule is CN1CCN(C(=O)C(CNC(=O)C(=O)Nc2ccc(Cl)cn2)NC(=O)c2nc3c(s2)CN(C)CC3)CC1.Cl. The van der Waals surface area contributed by atoms with Crippen molar-refractivity contribution in [3.8, 4) is 0 Å². The van der Waals surface area contributed by atoms with Crippen molar-refractivity contribution in [1.29, 1.82) is 0 Å². The molecule has 0 radical (unpaired) electrons. The molecular formula is C23H30Cl2N8O4S. The van der Waals surface area contributed by atoms with E-state index in [0.29, 0.717) is 31.2 Å². The Hall–Kier alpha value is -2.84. The Morgan fingerprint density at radius 2 is 1.79 bits per heavy atom. The third kappa shape index (κ3) is 7.60. The second-order valence-corrected chi connectivity index (χ2v) is 10.6. The molecule has 3 N–H and O–H groups in total. The largest absolute Gasteiger partial charge is 0.345 e. The summed E-state index contributed by atoms with van der Waals surface area (Å²) < 4.78 is 0. The first-order chi connectivity index (χ1) is 17.7. The molecule has 1 unspecified atom stereocenters. The molecule has 2 aliphatic heterocycles. The Labute approximate surface area is 235 Å². The molecule has 2 aliphatic rings. The fraction of sp³-hybridized carbons (Fsp3) is 0.478. The van der Waals surface area contributed by atoms with Crippen LogP contribution >= 0.6 is 35.3 Å². The average Bonchev–Trinajstić information content (AvgIpc) is 3.31. The summed E-state index contributed by atoms with van der Waals surface area (Å²) in [5.41, 5.74) is 0.899. The first-order valence-electron chi connectivity index (χ1n) is 11.9. The number of pyridine rings is 1. The maximum atomic E-state index is 13.3. The summed E-state index contributed by atoms with van der Waals surface area (Å²) in [6.45, 7) is 3.71. The van der Waals surface area contributed by atoms with Crippen LogP contribution < -0.4 is 16.0 Å². The van der Waals surface area contributed by atoms with Crippen molar-refractivity contribution in [3.05, 3.63) is 38.9 Å². The lowest BCUT2D eigenvalue weighted by atomic mass is 10.2. The summed E-state index contributed by atoms with van der Waals surface area (Å²) in [5.74, 6) is -2.58. The van der Waals surface area contributed by atoms with E-state index in [2.05, 4.69) is 35.7 Å². The second kappa shape index (κ2) is 13.3. The van der Waals surface area contributed by atoms with E-state index in [9.17, 15) is 19.2 Å². The second-order valence-electron chi connectivity index (χ2n) is 9.06. The van der Waals surface area contributed by atoms with Crippen molar-refractivity contribution >= 4 is 64.8 Å². The number of fused-ring (bicyclic) bond motifs is 1. The number of nitrogens with zero attached hydrogens (tertiary/aromatic N) is 5. The first kappa shape index (κ1) is 29.7. The molecule has 4 amide bonds. The molecule has 0 aliphatic carbocycles. The minimum Gasteiger partial charge on any atom is -0.345 e. The van der Waals surface area contributed by atoms with Gasteiger partial charge in [-0.2, -0.15) is 0 Å². The fourth-order valence-electron chi connectivity index (χ4n) is 3.99. The van der Waals surface area contributed by atoms with E-state index < -0.39 is 23.8 Å². The Morgan fingerprint density at radius 1 is 1.05 bits per heavy atom. The van der Waals surface area contributed by atoms with Crippen LogP contribution in [0.1, 0.15) is 20.4 Å². The van der Waals surface area contributed by atoms with E-state index >= 15 is 0 Å². The quantitative estimate of drug-likeness (QED) is 0.410. The molecule has 1 atom stereocenters. The smallest absolute Gasteiger partial charge is 0.314 e. The zero-order valence-electron chi connectivity index (χ0n) is 21.0. The van der Waals surface area contributed by atoms with E-state index in [1.807, 2.05) is 14.1 Å². The molecule has 2 aromatic rings. The van der Waals surface area contributed by atoms with Crippen LogP contribution in [0.15, 0.2) is 18.3 Å². The minimum absolute atomic E-state index is 0. The van der Waals surface area contributed by atoms with Crippen LogP contribution in [-0.2, 0) is 27.3 Å². The number of halogens is 2. The Kier molecular flexibility index (Phi) is 10.4. The standard InChI is InChI=1S/C23H29ClN8O4S.ClH/c1-30-7-9-32(10-8-30)23(36)16(12-26-19(33)20(34)29-18-4-3-14(24)11-25-18)27-21(35)22-28-15-5-6-31(2)13-17(15)37-22;/h3-4,11,16H,5-10,12-13H2,1-2H3,(H,26,33)(H,27,35)(H,25,29,34);1H. The summed E-state index contributed by atoms with van der Waals surface area (Å²) in [6, 6.07) is 1.92. The van der Waals surface area contributed by atoms with Gasteiger partial charge in [0.2, 0.25) is 5.91 Å². The highest BCUT2D eigenvalue weighted by Gasteiger charge is 2.31. The number of thiazole rings is 1. The number of aromatic nitrogens is 2. The highest BCUT2D eigenvalue weighted by molar-refractivity contribution is 7.13. The Balaban J connectivity index is 0.00000400. The van der Waals surface area contributed by atoms with Crippen molar-refractivity contribution in [2.75, 3.05) is 58.7 Å². The van der Waals surface area contributed by atoms with Gasteiger partial charge in [0.05, 0.1) is 10.7 Å². The molecule has 0 bridgehead atoms. The molecule has 12 nitrogen and oxygen atoms in total. The van der Waals surface area contributed by atoms with Gasteiger partial charge in [0.15, 0.2) is 5.01 Å². The normalized spacial score (nSPS) is 16.6. The zero-order chi connectivity index (χ0) is 26.5. The van der Waals surface area contributed by atoms with Crippen LogP contribution in [0, 0.1) is 0 Å². The Morgan fingerprint density at radius 3 is 2.47 bits per heavy atom. The van der Waals surface area contributed by atoms with Gasteiger partial charge in [0.1, 0.15) is 11.9 Å². The summed E-state index contributed by atoms with van der Waals surface area (Å²) in [7, 11) is 3.98. The highest BCUT2D eigenvalue weighted by Crippen LogP contribution is 2.24. The lowest BCUT2D eigenvalue weighted by Gasteiger charge is -2.34. The Bertz CT molecular complexity index is 1170. The van der Waals surface area contributed by atoms with Crippen molar-refractivity contribution in [2.24, 2.45) is 0 Å². The molecular weight excluding hydrogens is 555 g/mol. The number of nitrogens with one attached hydrogen (secondary N) is 3. The molecule has 38 heavy (non-hydrogen) atoms. The average molecular weight is 586 g/mol. The number of rotatable bonds is 6. The van der Waals surface area contributed by atoms with Gasteiger partial charge in [0.25, 0.3) is 5.91 Å². The number of piperazine rings is 1. The van der Waals surface area contributed by atoms with Gasteiger partial charge < -0.3 is 30.7 Å². The van der Waals surface area contributed by atoms with Gasteiger partial charge in [-0.1, -0.05) is 11.6 Å². The van der Waals surface area contributed by atoms with E-state index in [1.165, 1.54) is 29.7 Å². The molecule has 1 saturated heterocycles. The molecule has 206 valence electrons. The van der Waals surface area contributed by atoms with Crippen LogP contribution in [-0.4, -0.2) is 108 Å². The van der Waals surface area contributed by atoms with Crippen molar-refractivity contribution in [1.82, 2.24) is 35.3 Å². The number of anilines is 1. The van der Waals surface area contributed by atoms with E-state index in [0.717, 1.165) is 30.1 Å². The predicted octanol–water partition coefficient (Wildman–Crippen LogP) is 0.229. The summed E-state index contributed by atoms with van der Waals surface area (Å²) in [5, 5.41) is 8.21.